The minimum absolute atomic E-state index is 0.00129. The molecule has 2 aromatic rings. The molecule has 2 aromatic carbocycles. The van der Waals surface area contributed by atoms with Crippen molar-refractivity contribution in [3.05, 3.63) is 65.7 Å². The van der Waals surface area contributed by atoms with Crippen LogP contribution in [0.25, 0.3) is 0 Å². The molecule has 0 bridgehead atoms. The smallest absolute Gasteiger partial charge is 0.282 e. The van der Waals surface area contributed by atoms with E-state index in [9.17, 15) is 14.4 Å². The molecule has 1 aliphatic heterocycles. The van der Waals surface area contributed by atoms with E-state index in [0.717, 1.165) is 18.0 Å². The topological polar surface area (TPSA) is 70.9 Å². The Morgan fingerprint density at radius 2 is 1.54 bits per heavy atom. The summed E-state index contributed by atoms with van der Waals surface area (Å²) in [4.78, 5) is 39.5. The molecular weight excluding hydrogens is 354 g/mol. The number of amides is 2. The second-order valence-corrected chi connectivity index (χ2v) is 7.16. The van der Waals surface area contributed by atoms with Crippen molar-refractivity contribution >= 4 is 23.3 Å². The fraction of sp³-hybridized carbons (Fsp3) is 0.318. The van der Waals surface area contributed by atoms with Gasteiger partial charge in [0.05, 0.1) is 26.2 Å². The zero-order chi connectivity index (χ0) is 20.1. The lowest BCUT2D eigenvalue weighted by molar-refractivity contribution is -0.917. The Balaban J connectivity index is 1.53. The van der Waals surface area contributed by atoms with Crippen LogP contribution in [0.15, 0.2) is 54.6 Å². The first-order valence-corrected chi connectivity index (χ1v) is 9.56. The second kappa shape index (κ2) is 8.80. The summed E-state index contributed by atoms with van der Waals surface area (Å²) in [7, 11) is 0. The zero-order valence-corrected chi connectivity index (χ0v) is 16.3. The van der Waals surface area contributed by atoms with Crippen molar-refractivity contribution in [3.8, 4) is 0 Å². The Morgan fingerprint density at radius 1 is 0.929 bits per heavy atom. The van der Waals surface area contributed by atoms with Crippen LogP contribution in [-0.2, 0) is 4.79 Å². The predicted octanol–water partition coefficient (Wildman–Crippen LogP) is 1.26. The number of anilines is 1. The number of carbonyl (C=O) groups excluding carboxylic acids is 3. The highest BCUT2D eigenvalue weighted by molar-refractivity contribution is 5.96. The van der Waals surface area contributed by atoms with Gasteiger partial charge in [0.15, 0.2) is 11.8 Å². The van der Waals surface area contributed by atoms with Gasteiger partial charge < -0.3 is 15.1 Å². The van der Waals surface area contributed by atoms with Gasteiger partial charge in [-0.05, 0) is 50.2 Å². The number of piperazine rings is 1. The molecule has 0 aromatic heterocycles. The predicted molar refractivity (Wildman–Crippen MR) is 108 cm³/mol. The molecule has 0 aliphatic carbocycles. The van der Waals surface area contributed by atoms with Gasteiger partial charge in [-0.3, -0.25) is 14.4 Å². The van der Waals surface area contributed by atoms with Crippen molar-refractivity contribution in [3.63, 3.8) is 0 Å². The highest BCUT2D eigenvalue weighted by Crippen LogP contribution is 2.10. The van der Waals surface area contributed by atoms with Gasteiger partial charge in [0.2, 0.25) is 0 Å². The molecule has 6 heteroatoms. The van der Waals surface area contributed by atoms with Crippen LogP contribution in [0.3, 0.4) is 0 Å². The minimum atomic E-state index is -0.221. The standard InChI is InChI=1S/C22H25N3O3/c1-16(21(27)23-20-10-8-18(9-11-20)17(2)26)24-12-14-25(15-13-24)22(28)19-6-4-3-5-7-19/h3-11,16H,12-15H2,1-2H3,(H,23,27)/p+1/t16-/m1/s1. The fourth-order valence-electron chi connectivity index (χ4n) is 3.42. The van der Waals surface area contributed by atoms with Gasteiger partial charge in [0.1, 0.15) is 0 Å². The molecule has 0 unspecified atom stereocenters. The van der Waals surface area contributed by atoms with E-state index in [1.807, 2.05) is 42.2 Å². The number of carbonyl (C=O) groups is 3. The summed E-state index contributed by atoms with van der Waals surface area (Å²) in [6.45, 7) is 6.15. The number of hydrogen-bond acceptors (Lipinski definition) is 3. The molecule has 0 spiro atoms. The largest absolute Gasteiger partial charge is 0.327 e. The Labute approximate surface area is 165 Å². The van der Waals surface area contributed by atoms with E-state index in [0.29, 0.717) is 29.9 Å². The quantitative estimate of drug-likeness (QED) is 0.767. The zero-order valence-electron chi connectivity index (χ0n) is 16.3. The number of nitrogens with one attached hydrogen (secondary N) is 2. The van der Waals surface area contributed by atoms with E-state index in [2.05, 4.69) is 5.32 Å². The number of Topliss-reactive ketones (excluding diaryl/α,β-unsaturated/α-hetero) is 1. The van der Waals surface area contributed by atoms with Crippen LogP contribution in [0.2, 0.25) is 0 Å². The highest BCUT2D eigenvalue weighted by atomic mass is 16.2. The molecule has 0 radical (unpaired) electrons. The average Bonchev–Trinajstić information content (AvgIpc) is 2.73. The lowest BCUT2D eigenvalue weighted by Crippen LogP contribution is -3.19. The van der Waals surface area contributed by atoms with Crippen LogP contribution >= 0.6 is 0 Å². The summed E-state index contributed by atoms with van der Waals surface area (Å²) in [5.74, 6) is -0.0191. The Hall–Kier alpha value is -2.99. The third kappa shape index (κ3) is 4.64. The Kier molecular flexibility index (Phi) is 6.21. The van der Waals surface area contributed by atoms with Gasteiger partial charge in [-0.2, -0.15) is 0 Å². The highest BCUT2D eigenvalue weighted by Gasteiger charge is 2.31. The maximum absolute atomic E-state index is 12.6. The summed E-state index contributed by atoms with van der Waals surface area (Å²) in [5.41, 5.74) is 2.00. The molecule has 1 saturated heterocycles. The molecular formula is C22H26N3O3+. The van der Waals surface area contributed by atoms with Crippen LogP contribution in [-0.4, -0.2) is 54.7 Å². The van der Waals surface area contributed by atoms with E-state index in [1.165, 1.54) is 6.92 Å². The number of ketones is 1. The summed E-state index contributed by atoms with van der Waals surface area (Å²) in [6.07, 6.45) is 0. The molecule has 0 saturated carbocycles. The van der Waals surface area contributed by atoms with Crippen LogP contribution in [0.4, 0.5) is 5.69 Å². The molecule has 1 fully saturated rings. The third-order valence-corrected chi connectivity index (χ3v) is 5.28. The Morgan fingerprint density at radius 3 is 2.11 bits per heavy atom. The van der Waals surface area contributed by atoms with Crippen molar-refractivity contribution in [2.24, 2.45) is 0 Å². The summed E-state index contributed by atoms with van der Waals surface area (Å²) in [5, 5.41) is 2.91. The van der Waals surface area contributed by atoms with E-state index >= 15 is 0 Å². The molecule has 2 N–H and O–H groups in total. The first kappa shape index (κ1) is 19.8. The maximum atomic E-state index is 12.6. The summed E-state index contributed by atoms with van der Waals surface area (Å²) >= 11 is 0. The van der Waals surface area contributed by atoms with Gasteiger partial charge in [-0.25, -0.2) is 0 Å². The number of nitrogens with zero attached hydrogens (tertiary/aromatic N) is 1. The van der Waals surface area contributed by atoms with Crippen molar-refractivity contribution < 1.29 is 19.3 Å². The van der Waals surface area contributed by atoms with E-state index < -0.39 is 0 Å². The number of quaternary nitrogens is 1. The maximum Gasteiger partial charge on any atom is 0.282 e. The van der Waals surface area contributed by atoms with Crippen LogP contribution in [0, 0.1) is 0 Å². The van der Waals surface area contributed by atoms with Gasteiger partial charge >= 0.3 is 0 Å². The fourth-order valence-corrected chi connectivity index (χ4v) is 3.42. The summed E-state index contributed by atoms with van der Waals surface area (Å²) in [6, 6.07) is 16.0. The number of hydrogen-bond donors (Lipinski definition) is 2. The van der Waals surface area contributed by atoms with Crippen LogP contribution in [0.5, 0.6) is 0 Å². The molecule has 1 aliphatic rings. The van der Waals surface area contributed by atoms with Gasteiger partial charge in [0, 0.05) is 16.8 Å². The number of benzene rings is 2. The molecule has 6 nitrogen and oxygen atoms in total. The first-order valence-electron chi connectivity index (χ1n) is 9.56. The van der Waals surface area contributed by atoms with Crippen molar-refractivity contribution in [2.45, 2.75) is 19.9 Å². The molecule has 1 atom stereocenters. The average molecular weight is 380 g/mol. The van der Waals surface area contributed by atoms with E-state index in [4.69, 9.17) is 0 Å². The Bertz CT molecular complexity index is 841. The molecule has 1 heterocycles. The third-order valence-electron chi connectivity index (χ3n) is 5.28. The van der Waals surface area contributed by atoms with Gasteiger partial charge in [0.25, 0.3) is 11.8 Å². The van der Waals surface area contributed by atoms with Crippen molar-refractivity contribution in [1.29, 1.82) is 0 Å². The monoisotopic (exact) mass is 380 g/mol. The lowest BCUT2D eigenvalue weighted by atomic mass is 10.1. The van der Waals surface area contributed by atoms with Gasteiger partial charge in [-0.15, -0.1) is 0 Å². The normalized spacial score (nSPS) is 15.7. The molecule has 28 heavy (non-hydrogen) atoms. The summed E-state index contributed by atoms with van der Waals surface area (Å²) < 4.78 is 0. The lowest BCUT2D eigenvalue weighted by Gasteiger charge is -2.34. The molecule has 2 amide bonds. The second-order valence-electron chi connectivity index (χ2n) is 7.16. The van der Waals surface area contributed by atoms with Gasteiger partial charge in [-0.1, -0.05) is 18.2 Å². The SMILES string of the molecule is CC(=O)c1ccc(NC(=O)[C@@H](C)[NH+]2CCN(C(=O)c3ccccc3)CC2)cc1. The first-order chi connectivity index (χ1) is 13.5. The van der Waals surface area contributed by atoms with Crippen LogP contribution < -0.4 is 10.2 Å². The number of rotatable bonds is 5. The van der Waals surface area contributed by atoms with Crippen LogP contribution in [0.1, 0.15) is 34.6 Å². The van der Waals surface area contributed by atoms with E-state index in [1.54, 1.807) is 24.3 Å². The molecule has 146 valence electrons. The molecule has 3 rings (SSSR count). The minimum Gasteiger partial charge on any atom is -0.327 e. The van der Waals surface area contributed by atoms with Crippen molar-refractivity contribution in [2.75, 3.05) is 31.5 Å². The van der Waals surface area contributed by atoms with Crippen molar-refractivity contribution in [1.82, 2.24) is 4.90 Å². The van der Waals surface area contributed by atoms with E-state index in [-0.39, 0.29) is 23.6 Å².